The van der Waals surface area contributed by atoms with Gasteiger partial charge >= 0.3 is 6.03 Å². The lowest BCUT2D eigenvalue weighted by atomic mass is 10.1. The first kappa shape index (κ1) is 14.5. The van der Waals surface area contributed by atoms with Crippen LogP contribution in [0.2, 0.25) is 0 Å². The van der Waals surface area contributed by atoms with Crippen LogP contribution in [0.5, 0.6) is 0 Å². The van der Waals surface area contributed by atoms with Gasteiger partial charge < -0.3 is 10.6 Å². The number of aryl methyl sites for hydroxylation is 1. The lowest BCUT2D eigenvalue weighted by molar-refractivity contribution is 0.237. The number of carbonyl (C=O) groups excluding carboxylic acids is 1. The Morgan fingerprint density at radius 1 is 1.41 bits per heavy atom. The minimum absolute atomic E-state index is 0.0596. The molecule has 2 amide bonds. The Morgan fingerprint density at radius 2 is 2.23 bits per heavy atom. The fourth-order valence-corrected chi connectivity index (χ4v) is 3.35. The third-order valence-electron chi connectivity index (χ3n) is 3.54. The molecule has 3 rings (SSSR count). The molecule has 3 aromatic rings. The summed E-state index contributed by atoms with van der Waals surface area (Å²) in [5.41, 5.74) is 1.13. The van der Waals surface area contributed by atoms with E-state index in [9.17, 15) is 4.79 Å². The zero-order valence-electron chi connectivity index (χ0n) is 12.4. The summed E-state index contributed by atoms with van der Waals surface area (Å²) in [6, 6.07) is 7.93. The third-order valence-corrected chi connectivity index (χ3v) is 4.52. The highest BCUT2D eigenvalue weighted by Crippen LogP contribution is 2.29. The Labute approximate surface area is 132 Å². The SMILES string of the molecule is C[C@@H](NC(=O)NCc1ncnn1C)c1csc2ccccc12. The first-order valence-corrected chi connectivity index (χ1v) is 7.86. The molecule has 0 saturated carbocycles. The predicted octanol–water partition coefficient (Wildman–Crippen LogP) is 2.59. The van der Waals surface area contributed by atoms with Crippen molar-refractivity contribution in [2.45, 2.75) is 19.5 Å². The molecule has 2 N–H and O–H groups in total. The highest BCUT2D eigenvalue weighted by atomic mass is 32.1. The Bertz CT molecular complexity index is 794. The van der Waals surface area contributed by atoms with E-state index in [1.807, 2.05) is 19.1 Å². The second-order valence-electron chi connectivity index (χ2n) is 5.04. The van der Waals surface area contributed by atoms with Crippen LogP contribution in [0.25, 0.3) is 10.1 Å². The fourth-order valence-electron chi connectivity index (χ4n) is 2.30. The van der Waals surface area contributed by atoms with E-state index < -0.39 is 0 Å². The van der Waals surface area contributed by atoms with Crippen molar-refractivity contribution in [3.63, 3.8) is 0 Å². The highest BCUT2D eigenvalue weighted by Gasteiger charge is 2.14. The number of hydrogen-bond donors (Lipinski definition) is 2. The summed E-state index contributed by atoms with van der Waals surface area (Å²) in [5.74, 6) is 0.712. The number of thiophene rings is 1. The summed E-state index contributed by atoms with van der Waals surface area (Å²) in [5, 5.41) is 13.0. The van der Waals surface area contributed by atoms with Gasteiger partial charge in [0.25, 0.3) is 0 Å². The number of carbonyl (C=O) groups is 1. The second kappa shape index (κ2) is 6.15. The molecule has 0 bridgehead atoms. The summed E-state index contributed by atoms with van der Waals surface area (Å²) >= 11 is 1.69. The van der Waals surface area contributed by atoms with Gasteiger partial charge in [0.1, 0.15) is 12.2 Å². The quantitative estimate of drug-likeness (QED) is 0.777. The van der Waals surface area contributed by atoms with Crippen LogP contribution in [0, 0.1) is 0 Å². The van der Waals surface area contributed by atoms with Crippen molar-refractivity contribution in [3.05, 3.63) is 47.4 Å². The highest BCUT2D eigenvalue weighted by molar-refractivity contribution is 7.17. The lowest BCUT2D eigenvalue weighted by Crippen LogP contribution is -2.37. The molecule has 2 heterocycles. The average Bonchev–Trinajstić information content (AvgIpc) is 3.11. The van der Waals surface area contributed by atoms with Gasteiger partial charge in [-0.2, -0.15) is 5.10 Å². The minimum atomic E-state index is -0.217. The summed E-state index contributed by atoms with van der Waals surface area (Å²) in [6.07, 6.45) is 1.47. The molecule has 1 aromatic carbocycles. The van der Waals surface area contributed by atoms with E-state index in [2.05, 4.69) is 38.2 Å². The minimum Gasteiger partial charge on any atom is -0.332 e. The topological polar surface area (TPSA) is 71.8 Å². The summed E-state index contributed by atoms with van der Waals surface area (Å²) in [4.78, 5) is 16.1. The molecule has 0 unspecified atom stereocenters. The van der Waals surface area contributed by atoms with Crippen LogP contribution in [-0.4, -0.2) is 20.8 Å². The summed E-state index contributed by atoms with van der Waals surface area (Å²) in [7, 11) is 1.79. The molecule has 0 saturated heterocycles. The monoisotopic (exact) mass is 315 g/mol. The van der Waals surface area contributed by atoms with Gasteiger partial charge in [0, 0.05) is 11.7 Å². The maximum Gasteiger partial charge on any atom is 0.315 e. The van der Waals surface area contributed by atoms with Gasteiger partial charge in [-0.25, -0.2) is 9.78 Å². The molecule has 1 atom stereocenters. The van der Waals surface area contributed by atoms with Crippen LogP contribution in [0.15, 0.2) is 36.0 Å². The van der Waals surface area contributed by atoms with E-state index in [0.717, 1.165) is 5.56 Å². The molecule has 0 spiro atoms. The first-order valence-electron chi connectivity index (χ1n) is 6.98. The first-order chi connectivity index (χ1) is 10.6. The maximum absolute atomic E-state index is 12.0. The summed E-state index contributed by atoms with van der Waals surface area (Å²) in [6.45, 7) is 2.33. The molecule has 0 aliphatic heterocycles. The van der Waals surface area contributed by atoms with Crippen molar-refractivity contribution >= 4 is 27.5 Å². The van der Waals surface area contributed by atoms with Crippen LogP contribution >= 0.6 is 11.3 Å². The van der Waals surface area contributed by atoms with Crippen LogP contribution in [0.3, 0.4) is 0 Å². The van der Waals surface area contributed by atoms with E-state index in [-0.39, 0.29) is 12.1 Å². The lowest BCUT2D eigenvalue weighted by Gasteiger charge is -2.14. The zero-order chi connectivity index (χ0) is 15.5. The van der Waals surface area contributed by atoms with Gasteiger partial charge in [-0.3, -0.25) is 4.68 Å². The molecule has 22 heavy (non-hydrogen) atoms. The largest absolute Gasteiger partial charge is 0.332 e. The molecule has 6 nitrogen and oxygen atoms in total. The van der Waals surface area contributed by atoms with Crippen molar-refractivity contribution in [2.24, 2.45) is 7.05 Å². The van der Waals surface area contributed by atoms with Gasteiger partial charge in [-0.1, -0.05) is 18.2 Å². The van der Waals surface area contributed by atoms with E-state index in [0.29, 0.717) is 12.4 Å². The molecule has 114 valence electrons. The standard InChI is InChI=1S/C15H17N5OS/c1-10(12-8-22-13-6-4-3-5-11(12)13)19-15(21)16-7-14-17-9-18-20(14)2/h3-6,8-10H,7H2,1-2H3,(H2,16,19,21)/t10-/m1/s1. The predicted molar refractivity (Wildman–Crippen MR) is 86.6 cm³/mol. The number of aromatic nitrogens is 3. The number of nitrogens with zero attached hydrogens (tertiary/aromatic N) is 3. The normalized spacial score (nSPS) is 12.3. The zero-order valence-corrected chi connectivity index (χ0v) is 13.2. The summed E-state index contributed by atoms with van der Waals surface area (Å²) < 4.78 is 2.86. The molecule has 7 heteroatoms. The number of urea groups is 1. The Kier molecular flexibility index (Phi) is 4.06. The molecular weight excluding hydrogens is 298 g/mol. The molecule has 0 aliphatic carbocycles. The number of nitrogens with one attached hydrogen (secondary N) is 2. The van der Waals surface area contributed by atoms with Crippen molar-refractivity contribution in [3.8, 4) is 0 Å². The van der Waals surface area contributed by atoms with Crippen LogP contribution in [0.4, 0.5) is 4.79 Å². The molecule has 2 aromatic heterocycles. The second-order valence-corrected chi connectivity index (χ2v) is 5.95. The van der Waals surface area contributed by atoms with Crippen molar-refractivity contribution in [2.75, 3.05) is 0 Å². The molecule has 0 fully saturated rings. The Hall–Kier alpha value is -2.41. The van der Waals surface area contributed by atoms with E-state index in [4.69, 9.17) is 0 Å². The Balaban J connectivity index is 1.62. The van der Waals surface area contributed by atoms with E-state index >= 15 is 0 Å². The van der Waals surface area contributed by atoms with Gasteiger partial charge in [0.2, 0.25) is 0 Å². The van der Waals surface area contributed by atoms with Crippen molar-refractivity contribution < 1.29 is 4.79 Å². The smallest absolute Gasteiger partial charge is 0.315 e. The van der Waals surface area contributed by atoms with Gasteiger partial charge in [0.15, 0.2) is 0 Å². The van der Waals surface area contributed by atoms with Gasteiger partial charge in [0.05, 0.1) is 12.6 Å². The molecular formula is C15H17N5OS. The van der Waals surface area contributed by atoms with E-state index in [1.165, 1.54) is 16.4 Å². The number of fused-ring (bicyclic) bond motifs is 1. The number of amides is 2. The van der Waals surface area contributed by atoms with Gasteiger partial charge in [-0.05, 0) is 29.3 Å². The van der Waals surface area contributed by atoms with Crippen molar-refractivity contribution in [1.82, 2.24) is 25.4 Å². The van der Waals surface area contributed by atoms with E-state index in [1.54, 1.807) is 23.1 Å². The van der Waals surface area contributed by atoms with Gasteiger partial charge in [-0.15, -0.1) is 11.3 Å². The maximum atomic E-state index is 12.0. The van der Waals surface area contributed by atoms with Crippen LogP contribution in [-0.2, 0) is 13.6 Å². The fraction of sp³-hybridized carbons (Fsp3) is 0.267. The molecule has 0 aliphatic rings. The Morgan fingerprint density at radius 3 is 3.00 bits per heavy atom. The van der Waals surface area contributed by atoms with Crippen LogP contribution < -0.4 is 10.6 Å². The average molecular weight is 315 g/mol. The third kappa shape index (κ3) is 2.94. The number of rotatable bonds is 4. The number of hydrogen-bond acceptors (Lipinski definition) is 4. The number of benzene rings is 1. The van der Waals surface area contributed by atoms with Crippen molar-refractivity contribution in [1.29, 1.82) is 0 Å². The van der Waals surface area contributed by atoms with Crippen LogP contribution in [0.1, 0.15) is 24.4 Å². The molecule has 0 radical (unpaired) electrons.